The fourth-order valence-electron chi connectivity index (χ4n) is 2.03. The number of amides is 1. The zero-order valence-electron chi connectivity index (χ0n) is 13.9. The Morgan fingerprint density at radius 2 is 1.92 bits per heavy atom. The summed E-state index contributed by atoms with van der Waals surface area (Å²) in [6.45, 7) is 1.57. The average Bonchev–Trinajstić information content (AvgIpc) is 2.54. The molecule has 0 radical (unpaired) electrons. The number of nitrogens with zero attached hydrogens (tertiary/aromatic N) is 2. The Bertz CT molecular complexity index is 715. The molecule has 1 aromatic heterocycles. The summed E-state index contributed by atoms with van der Waals surface area (Å²) in [7, 11) is 3.92. The molecule has 0 saturated carbocycles. The Kier molecular flexibility index (Phi) is 5.97. The second-order valence-corrected chi connectivity index (χ2v) is 5.69. The van der Waals surface area contributed by atoms with Gasteiger partial charge in [-0.15, -0.1) is 0 Å². The Morgan fingerprint density at radius 3 is 2.52 bits per heavy atom. The molecule has 0 atom stereocenters. The number of pyridine rings is 1. The summed E-state index contributed by atoms with van der Waals surface area (Å²) in [4.78, 5) is 18.2. The molecule has 0 aliphatic heterocycles. The van der Waals surface area contributed by atoms with Gasteiger partial charge in [0, 0.05) is 18.8 Å². The number of carbonyl (C=O) groups excluding carboxylic acids is 1. The Morgan fingerprint density at radius 1 is 1.16 bits per heavy atom. The van der Waals surface area contributed by atoms with Gasteiger partial charge in [-0.2, -0.15) is 13.2 Å². The number of alkyl halides is 3. The summed E-state index contributed by atoms with van der Waals surface area (Å²) in [6, 6.07) is 7.68. The average molecular weight is 352 g/mol. The van der Waals surface area contributed by atoms with E-state index in [0.717, 1.165) is 30.9 Å². The van der Waals surface area contributed by atoms with E-state index in [-0.39, 0.29) is 11.4 Å². The summed E-state index contributed by atoms with van der Waals surface area (Å²) in [5.41, 5.74) is 0.126. The van der Waals surface area contributed by atoms with Crippen LogP contribution in [-0.2, 0) is 6.18 Å². The lowest BCUT2D eigenvalue weighted by atomic mass is 10.2. The van der Waals surface area contributed by atoms with Gasteiger partial charge in [0.1, 0.15) is 5.69 Å². The third-order valence-corrected chi connectivity index (χ3v) is 3.33. The van der Waals surface area contributed by atoms with Gasteiger partial charge in [0.15, 0.2) is 0 Å². The molecule has 0 aliphatic carbocycles. The lowest BCUT2D eigenvalue weighted by Gasteiger charge is -2.12. The highest BCUT2D eigenvalue weighted by Crippen LogP contribution is 2.30. The van der Waals surface area contributed by atoms with E-state index in [1.807, 2.05) is 19.0 Å². The summed E-state index contributed by atoms with van der Waals surface area (Å²) >= 11 is 0. The van der Waals surface area contributed by atoms with Crippen LogP contribution in [0.2, 0.25) is 0 Å². The van der Waals surface area contributed by atoms with Gasteiger partial charge in [-0.05, 0) is 44.4 Å². The van der Waals surface area contributed by atoms with Crippen LogP contribution < -0.4 is 10.6 Å². The molecule has 0 unspecified atom stereocenters. The molecule has 2 N–H and O–H groups in total. The second-order valence-electron chi connectivity index (χ2n) is 5.69. The van der Waals surface area contributed by atoms with E-state index in [9.17, 15) is 18.0 Å². The first kappa shape index (κ1) is 18.7. The number of halogens is 3. The van der Waals surface area contributed by atoms with Crippen molar-refractivity contribution >= 4 is 17.3 Å². The molecule has 2 rings (SSSR count). The van der Waals surface area contributed by atoms with Crippen molar-refractivity contribution in [2.45, 2.75) is 6.18 Å². The van der Waals surface area contributed by atoms with E-state index in [0.29, 0.717) is 0 Å². The third-order valence-electron chi connectivity index (χ3n) is 3.33. The number of anilines is 2. The van der Waals surface area contributed by atoms with Crippen molar-refractivity contribution in [1.29, 1.82) is 0 Å². The molecule has 0 saturated heterocycles. The molecular formula is C17H19F3N4O. The number of benzene rings is 1. The highest BCUT2D eigenvalue weighted by atomic mass is 19.4. The van der Waals surface area contributed by atoms with Crippen LogP contribution in [0.4, 0.5) is 24.5 Å². The van der Waals surface area contributed by atoms with Gasteiger partial charge < -0.3 is 15.5 Å². The minimum Gasteiger partial charge on any atom is -0.383 e. The van der Waals surface area contributed by atoms with E-state index in [2.05, 4.69) is 15.6 Å². The second kappa shape index (κ2) is 7.98. The van der Waals surface area contributed by atoms with E-state index in [1.165, 1.54) is 24.4 Å². The van der Waals surface area contributed by atoms with Crippen molar-refractivity contribution in [2.24, 2.45) is 0 Å². The highest BCUT2D eigenvalue weighted by Gasteiger charge is 2.30. The van der Waals surface area contributed by atoms with Crippen molar-refractivity contribution in [3.8, 4) is 0 Å². The standard InChI is InChI=1S/C17H19F3N4O/c1-24(2)9-8-21-14-6-7-15(22-11-14)16(25)23-13-5-3-4-12(10-13)17(18,19)20/h3-7,10-11,21H,8-9H2,1-2H3,(H,23,25). The topological polar surface area (TPSA) is 57.3 Å². The minimum absolute atomic E-state index is 0.0646. The van der Waals surface area contributed by atoms with Gasteiger partial charge in [0.05, 0.1) is 17.4 Å². The van der Waals surface area contributed by atoms with Gasteiger partial charge >= 0.3 is 6.18 Å². The number of hydrogen-bond donors (Lipinski definition) is 2. The Hall–Kier alpha value is -2.61. The molecule has 1 amide bonds. The monoisotopic (exact) mass is 352 g/mol. The van der Waals surface area contributed by atoms with Gasteiger partial charge in [-0.3, -0.25) is 4.79 Å². The molecule has 0 fully saturated rings. The molecule has 25 heavy (non-hydrogen) atoms. The number of aromatic nitrogens is 1. The van der Waals surface area contributed by atoms with Gasteiger partial charge in [-0.1, -0.05) is 6.07 Å². The number of nitrogens with one attached hydrogen (secondary N) is 2. The normalized spacial score (nSPS) is 11.4. The first-order chi connectivity index (χ1) is 11.8. The first-order valence-corrected chi connectivity index (χ1v) is 7.59. The fraction of sp³-hybridized carbons (Fsp3) is 0.294. The smallest absolute Gasteiger partial charge is 0.383 e. The van der Waals surface area contributed by atoms with Crippen LogP contribution >= 0.6 is 0 Å². The third kappa shape index (κ3) is 5.75. The molecular weight excluding hydrogens is 333 g/mol. The van der Waals surface area contributed by atoms with Crippen LogP contribution in [0.15, 0.2) is 42.6 Å². The molecule has 134 valence electrons. The van der Waals surface area contributed by atoms with Crippen molar-refractivity contribution in [3.05, 3.63) is 53.9 Å². The molecule has 0 bridgehead atoms. The molecule has 0 aliphatic rings. The van der Waals surface area contributed by atoms with Crippen molar-refractivity contribution in [1.82, 2.24) is 9.88 Å². The Labute approximate surface area is 143 Å². The molecule has 2 aromatic rings. The molecule has 8 heteroatoms. The molecule has 1 aromatic carbocycles. The maximum Gasteiger partial charge on any atom is 0.416 e. The van der Waals surface area contributed by atoms with Crippen molar-refractivity contribution in [3.63, 3.8) is 0 Å². The van der Waals surface area contributed by atoms with Crippen LogP contribution in [0.25, 0.3) is 0 Å². The van der Waals surface area contributed by atoms with Crippen LogP contribution in [0, 0.1) is 0 Å². The fourth-order valence-corrected chi connectivity index (χ4v) is 2.03. The molecule has 1 heterocycles. The lowest BCUT2D eigenvalue weighted by molar-refractivity contribution is -0.137. The van der Waals surface area contributed by atoms with Crippen LogP contribution in [0.3, 0.4) is 0 Å². The number of hydrogen-bond acceptors (Lipinski definition) is 4. The van der Waals surface area contributed by atoms with Gasteiger partial charge in [0.25, 0.3) is 5.91 Å². The summed E-state index contributed by atoms with van der Waals surface area (Å²) < 4.78 is 38.1. The number of rotatable bonds is 6. The van der Waals surface area contributed by atoms with Crippen molar-refractivity contribution < 1.29 is 18.0 Å². The zero-order valence-corrected chi connectivity index (χ0v) is 13.9. The van der Waals surface area contributed by atoms with Crippen LogP contribution in [0.5, 0.6) is 0 Å². The quantitative estimate of drug-likeness (QED) is 0.837. The van der Waals surface area contributed by atoms with E-state index in [1.54, 1.807) is 6.07 Å². The Balaban J connectivity index is 1.99. The lowest BCUT2D eigenvalue weighted by Crippen LogP contribution is -2.21. The largest absolute Gasteiger partial charge is 0.416 e. The number of likely N-dealkylation sites (N-methyl/N-ethyl adjacent to an activating group) is 1. The van der Waals surface area contributed by atoms with E-state index < -0.39 is 17.6 Å². The van der Waals surface area contributed by atoms with Crippen LogP contribution in [0.1, 0.15) is 16.1 Å². The summed E-state index contributed by atoms with van der Waals surface area (Å²) in [5, 5.41) is 5.57. The maximum atomic E-state index is 12.7. The molecule has 5 nitrogen and oxygen atoms in total. The van der Waals surface area contributed by atoms with E-state index >= 15 is 0 Å². The van der Waals surface area contributed by atoms with Gasteiger partial charge in [-0.25, -0.2) is 4.98 Å². The first-order valence-electron chi connectivity index (χ1n) is 7.59. The zero-order chi connectivity index (χ0) is 18.4. The predicted octanol–water partition coefficient (Wildman–Crippen LogP) is 3.33. The predicted molar refractivity (Wildman–Crippen MR) is 90.7 cm³/mol. The van der Waals surface area contributed by atoms with E-state index in [4.69, 9.17) is 0 Å². The van der Waals surface area contributed by atoms with Crippen LogP contribution in [-0.4, -0.2) is 43.0 Å². The SMILES string of the molecule is CN(C)CCNc1ccc(C(=O)Nc2cccc(C(F)(F)F)c2)nc1. The van der Waals surface area contributed by atoms with Crippen molar-refractivity contribution in [2.75, 3.05) is 37.8 Å². The summed E-state index contributed by atoms with van der Waals surface area (Å²) in [6.07, 6.45) is -2.95. The summed E-state index contributed by atoms with van der Waals surface area (Å²) in [5.74, 6) is -0.570. The highest BCUT2D eigenvalue weighted by molar-refractivity contribution is 6.03. The van der Waals surface area contributed by atoms with Gasteiger partial charge in [0.2, 0.25) is 0 Å². The maximum absolute atomic E-state index is 12.7. The molecule has 0 spiro atoms. The minimum atomic E-state index is -4.46. The number of carbonyl (C=O) groups is 1.